The molecule has 0 atom stereocenters. The van der Waals surface area contributed by atoms with Gasteiger partial charge in [-0.15, -0.1) is 0 Å². The van der Waals surface area contributed by atoms with E-state index in [-0.39, 0.29) is 0 Å². The van der Waals surface area contributed by atoms with Crippen LogP contribution >= 0.6 is 11.6 Å². The van der Waals surface area contributed by atoms with Crippen LogP contribution in [-0.4, -0.2) is 18.0 Å². The molecule has 0 aliphatic carbocycles. The predicted molar refractivity (Wildman–Crippen MR) is 24.9 cm³/mol. The van der Waals surface area contributed by atoms with E-state index in [9.17, 15) is 18.7 Å². The number of hydrogen-bond acceptors (Lipinski definition) is 1. The molecule has 0 fully saturated rings. The number of hydrogen-bond donors (Lipinski definition) is 1. The highest BCUT2D eigenvalue weighted by Crippen LogP contribution is 2.16. The minimum Gasteiger partial charge on any atom is -0.311 e. The zero-order valence-electron chi connectivity index (χ0n) is 4.16. The predicted octanol–water partition coefficient (Wildman–Crippen LogP) is 0.958. The fourth-order valence-corrected chi connectivity index (χ4v) is 0.239. The summed E-state index contributed by atoms with van der Waals surface area (Å²) >= 11 is 4.29. The zero-order chi connectivity index (χ0) is 7.49. The highest BCUT2D eigenvalue weighted by Gasteiger charge is 2.25. The van der Waals surface area contributed by atoms with Gasteiger partial charge in [-0.1, -0.05) is 0 Å². The van der Waals surface area contributed by atoms with Gasteiger partial charge in [-0.25, -0.2) is 9.90 Å². The summed E-state index contributed by atoms with van der Waals surface area (Å²) in [6.07, 6.45) is -1.77. The van der Waals surface area contributed by atoms with Crippen LogP contribution in [0.3, 0.4) is 0 Å². The third-order valence-corrected chi connectivity index (χ3v) is 0.567. The first-order chi connectivity index (χ1) is 3.92. The van der Waals surface area contributed by atoms with Gasteiger partial charge in [-0.2, -0.15) is 8.78 Å². The molecule has 53 valence electrons. The fraction of sp³-hybridized carbons (Fsp3) is 0.667. The molecule has 0 saturated carbocycles. The summed E-state index contributed by atoms with van der Waals surface area (Å²) in [4.78, 5) is 9.43. The molecule has 1 radical (unpaired) electrons. The van der Waals surface area contributed by atoms with E-state index in [1.807, 2.05) is 0 Å². The molecule has 1 N–H and O–H groups in total. The maximum absolute atomic E-state index is 11.5. The second-order valence-electron chi connectivity index (χ2n) is 1.26. The molecule has 0 aromatic rings. The molecule has 0 unspecified atom stereocenters. The number of carbonyl (C=O) groups excluding carboxylic acids is 1. The molecule has 9 heavy (non-hydrogen) atoms. The standard InChI is InChI=1S/C3H3ClF2NO2/c4-3(5,6)1-7-2(8)9/h7H,1H2. The van der Waals surface area contributed by atoms with Crippen LogP contribution in [0.25, 0.3) is 0 Å². The van der Waals surface area contributed by atoms with Crippen molar-refractivity contribution in [2.75, 3.05) is 6.54 Å². The lowest BCUT2D eigenvalue weighted by Gasteiger charge is -2.04. The number of nitrogens with one attached hydrogen (secondary N) is 1. The average molecular weight is 159 g/mol. The van der Waals surface area contributed by atoms with Crippen molar-refractivity contribution in [2.24, 2.45) is 0 Å². The van der Waals surface area contributed by atoms with Crippen LogP contribution in [-0.2, 0) is 5.11 Å². The van der Waals surface area contributed by atoms with Gasteiger partial charge in [0.15, 0.2) is 0 Å². The molecule has 0 aliphatic rings. The van der Waals surface area contributed by atoms with E-state index >= 15 is 0 Å². The van der Waals surface area contributed by atoms with E-state index in [1.165, 1.54) is 5.32 Å². The van der Waals surface area contributed by atoms with E-state index in [2.05, 4.69) is 11.6 Å². The first-order valence-corrected chi connectivity index (χ1v) is 2.31. The van der Waals surface area contributed by atoms with E-state index in [0.29, 0.717) is 0 Å². The zero-order valence-corrected chi connectivity index (χ0v) is 4.91. The largest absolute Gasteiger partial charge is 0.450 e. The van der Waals surface area contributed by atoms with Crippen molar-refractivity contribution >= 4 is 17.7 Å². The number of rotatable bonds is 2. The molecule has 0 aliphatic heterocycles. The Morgan fingerprint density at radius 1 is 1.67 bits per heavy atom. The summed E-state index contributed by atoms with van der Waals surface area (Å²) in [6, 6.07) is 0. The molecular weight excluding hydrogens is 155 g/mol. The van der Waals surface area contributed by atoms with Crippen molar-refractivity contribution in [3.8, 4) is 0 Å². The van der Waals surface area contributed by atoms with Crippen molar-refractivity contribution in [3.05, 3.63) is 0 Å². The van der Waals surface area contributed by atoms with Crippen LogP contribution in [0.1, 0.15) is 0 Å². The van der Waals surface area contributed by atoms with Gasteiger partial charge in [0, 0.05) is 0 Å². The summed E-state index contributed by atoms with van der Waals surface area (Å²) in [5.41, 5.74) is 0. The number of alkyl halides is 3. The van der Waals surface area contributed by atoms with Crippen molar-refractivity contribution in [3.63, 3.8) is 0 Å². The molecule has 0 spiro atoms. The molecule has 6 heteroatoms. The van der Waals surface area contributed by atoms with Crippen LogP contribution in [0.4, 0.5) is 13.6 Å². The third-order valence-electron chi connectivity index (χ3n) is 0.433. The highest BCUT2D eigenvalue weighted by atomic mass is 35.5. The lowest BCUT2D eigenvalue weighted by atomic mass is 10.7. The first kappa shape index (κ1) is 8.42. The van der Waals surface area contributed by atoms with E-state index in [4.69, 9.17) is 0 Å². The summed E-state index contributed by atoms with van der Waals surface area (Å²) in [5.74, 6) is 0. The first-order valence-electron chi connectivity index (χ1n) is 1.93. The van der Waals surface area contributed by atoms with Gasteiger partial charge in [0.05, 0.1) is 6.54 Å². The molecular formula is C3H3ClF2NO2. The Kier molecular flexibility index (Phi) is 2.64. The van der Waals surface area contributed by atoms with E-state index < -0.39 is 18.0 Å². The van der Waals surface area contributed by atoms with Crippen LogP contribution < -0.4 is 5.32 Å². The van der Waals surface area contributed by atoms with E-state index in [1.54, 1.807) is 0 Å². The number of amides is 1. The van der Waals surface area contributed by atoms with Gasteiger partial charge in [-0.05, 0) is 11.6 Å². The summed E-state index contributed by atoms with van der Waals surface area (Å²) < 4.78 is 23.0. The van der Waals surface area contributed by atoms with Crippen molar-refractivity contribution in [1.82, 2.24) is 5.32 Å². The molecule has 0 aromatic carbocycles. The minimum atomic E-state index is -3.53. The molecule has 0 rings (SSSR count). The molecule has 1 amide bonds. The number of carbonyl (C=O) groups is 1. The Labute approximate surface area is 54.6 Å². The Morgan fingerprint density at radius 2 is 2.11 bits per heavy atom. The Bertz CT molecular complexity index is 113. The van der Waals surface area contributed by atoms with Crippen molar-refractivity contribution in [2.45, 2.75) is 5.38 Å². The number of halogens is 3. The van der Waals surface area contributed by atoms with Crippen molar-refractivity contribution in [1.29, 1.82) is 0 Å². The maximum Gasteiger partial charge on any atom is 0.450 e. The van der Waals surface area contributed by atoms with E-state index in [0.717, 1.165) is 0 Å². The second kappa shape index (κ2) is 2.82. The average Bonchev–Trinajstić information content (AvgIpc) is 1.59. The Morgan fingerprint density at radius 3 is 2.22 bits per heavy atom. The normalized spacial score (nSPS) is 11.0. The SMILES string of the molecule is [O]C(=O)NCC(F)(F)Cl. The second-order valence-corrected chi connectivity index (χ2v) is 1.81. The van der Waals surface area contributed by atoms with Gasteiger partial charge >= 0.3 is 11.5 Å². The van der Waals surface area contributed by atoms with Crippen LogP contribution in [0.2, 0.25) is 0 Å². The van der Waals surface area contributed by atoms with Crippen molar-refractivity contribution < 1.29 is 18.7 Å². The molecule has 3 nitrogen and oxygen atoms in total. The minimum absolute atomic E-state index is 1.13. The monoisotopic (exact) mass is 158 g/mol. The van der Waals surface area contributed by atoms with Crippen LogP contribution in [0.5, 0.6) is 0 Å². The Balaban J connectivity index is 3.39. The third kappa shape index (κ3) is 7.42. The van der Waals surface area contributed by atoms with Gasteiger partial charge in [-0.3, -0.25) is 0 Å². The fourth-order valence-electron chi connectivity index (χ4n) is 0.172. The lowest BCUT2D eigenvalue weighted by Crippen LogP contribution is -2.31. The van der Waals surface area contributed by atoms with Crippen LogP contribution in [0, 0.1) is 0 Å². The topological polar surface area (TPSA) is 49.0 Å². The molecule has 0 saturated heterocycles. The molecule has 0 heterocycles. The Hall–Kier alpha value is -0.580. The highest BCUT2D eigenvalue weighted by molar-refractivity contribution is 6.21. The van der Waals surface area contributed by atoms with Gasteiger partial charge in [0.1, 0.15) is 0 Å². The molecule has 0 aromatic heterocycles. The van der Waals surface area contributed by atoms with Gasteiger partial charge in [0.2, 0.25) is 0 Å². The summed E-state index contributed by atoms with van der Waals surface area (Å²) in [5, 5.41) is 7.21. The van der Waals surface area contributed by atoms with Gasteiger partial charge in [0.25, 0.3) is 0 Å². The van der Waals surface area contributed by atoms with Crippen LogP contribution in [0.15, 0.2) is 0 Å². The maximum atomic E-state index is 11.5. The summed E-state index contributed by atoms with van der Waals surface area (Å²) in [7, 11) is 0. The quantitative estimate of drug-likeness (QED) is 0.598. The summed E-state index contributed by atoms with van der Waals surface area (Å²) in [6.45, 7) is -1.13. The smallest absolute Gasteiger partial charge is 0.311 e. The lowest BCUT2D eigenvalue weighted by molar-refractivity contribution is 0.0896. The molecule has 0 bridgehead atoms. The van der Waals surface area contributed by atoms with Gasteiger partial charge < -0.3 is 5.32 Å².